The molecule has 1 aromatic carbocycles. The molecule has 2 aromatic rings. The minimum absolute atomic E-state index is 0.158. The van der Waals surface area contributed by atoms with Crippen LogP contribution in [0.25, 0.3) is 0 Å². The molecule has 0 atom stereocenters. The van der Waals surface area contributed by atoms with Crippen LogP contribution in [0.15, 0.2) is 24.4 Å². The number of aromatic hydroxyl groups is 1. The number of hydrogen-bond donors (Lipinski definition) is 1. The standard InChI is InChI=1S/C16H16F3N3O2/c1-24-12-2-3-14(23)10(6-12)8-22-5-4-13-11(9-22)7-20-15(21-13)16(17,18)19/h2-3,6-7,23H,4-5,8-9H2,1H3. The van der Waals surface area contributed by atoms with Crippen LogP contribution in [0.2, 0.25) is 0 Å². The van der Waals surface area contributed by atoms with Gasteiger partial charge in [-0.15, -0.1) is 0 Å². The summed E-state index contributed by atoms with van der Waals surface area (Å²) in [7, 11) is 1.54. The minimum Gasteiger partial charge on any atom is -0.508 e. The van der Waals surface area contributed by atoms with Crippen LogP contribution in [0.3, 0.4) is 0 Å². The number of fused-ring (bicyclic) bond motifs is 1. The summed E-state index contributed by atoms with van der Waals surface area (Å²) in [5.74, 6) is -0.302. The first-order chi connectivity index (χ1) is 11.4. The van der Waals surface area contributed by atoms with Crippen molar-refractivity contribution >= 4 is 0 Å². The molecule has 0 aliphatic carbocycles. The van der Waals surface area contributed by atoms with Crippen LogP contribution in [0.5, 0.6) is 11.5 Å². The Morgan fingerprint density at radius 2 is 2.12 bits per heavy atom. The fourth-order valence-electron chi connectivity index (χ4n) is 2.70. The molecule has 0 bridgehead atoms. The number of methoxy groups -OCH3 is 1. The molecule has 1 aliphatic heterocycles. The van der Waals surface area contributed by atoms with E-state index in [2.05, 4.69) is 9.97 Å². The largest absolute Gasteiger partial charge is 0.508 e. The molecule has 128 valence electrons. The highest BCUT2D eigenvalue weighted by atomic mass is 19.4. The van der Waals surface area contributed by atoms with Crippen molar-refractivity contribution in [2.45, 2.75) is 25.7 Å². The summed E-state index contributed by atoms with van der Waals surface area (Å²) >= 11 is 0. The van der Waals surface area contributed by atoms with Crippen molar-refractivity contribution in [2.75, 3.05) is 13.7 Å². The molecule has 1 aromatic heterocycles. The van der Waals surface area contributed by atoms with Crippen molar-refractivity contribution in [3.05, 3.63) is 47.0 Å². The van der Waals surface area contributed by atoms with E-state index in [1.807, 2.05) is 4.90 Å². The van der Waals surface area contributed by atoms with Gasteiger partial charge in [0, 0.05) is 43.4 Å². The second-order valence-corrected chi connectivity index (χ2v) is 5.62. The van der Waals surface area contributed by atoms with E-state index < -0.39 is 12.0 Å². The summed E-state index contributed by atoms with van der Waals surface area (Å²) in [6, 6.07) is 4.97. The quantitative estimate of drug-likeness (QED) is 0.932. The van der Waals surface area contributed by atoms with E-state index in [0.29, 0.717) is 48.6 Å². The Morgan fingerprint density at radius 3 is 2.83 bits per heavy atom. The van der Waals surface area contributed by atoms with Crippen LogP contribution in [0.1, 0.15) is 22.6 Å². The fraction of sp³-hybridized carbons (Fsp3) is 0.375. The molecule has 0 radical (unpaired) electrons. The number of nitrogens with zero attached hydrogens (tertiary/aromatic N) is 3. The molecule has 0 unspecified atom stereocenters. The second kappa shape index (κ2) is 6.27. The average molecular weight is 339 g/mol. The number of halogens is 3. The van der Waals surface area contributed by atoms with Gasteiger partial charge in [0.2, 0.25) is 5.82 Å². The molecule has 3 rings (SSSR count). The van der Waals surface area contributed by atoms with Crippen molar-refractivity contribution in [3.8, 4) is 11.5 Å². The van der Waals surface area contributed by atoms with Gasteiger partial charge in [-0.2, -0.15) is 13.2 Å². The Kier molecular flexibility index (Phi) is 4.31. The molecule has 1 aliphatic rings. The Bertz CT molecular complexity index is 750. The molecule has 0 spiro atoms. The van der Waals surface area contributed by atoms with Crippen molar-refractivity contribution in [1.82, 2.24) is 14.9 Å². The lowest BCUT2D eigenvalue weighted by atomic mass is 10.1. The smallest absolute Gasteiger partial charge is 0.451 e. The van der Waals surface area contributed by atoms with Gasteiger partial charge in [-0.1, -0.05) is 0 Å². The third kappa shape index (κ3) is 3.43. The lowest BCUT2D eigenvalue weighted by Crippen LogP contribution is -2.31. The zero-order chi connectivity index (χ0) is 17.3. The van der Waals surface area contributed by atoms with Gasteiger partial charge in [0.15, 0.2) is 0 Å². The lowest BCUT2D eigenvalue weighted by Gasteiger charge is -2.28. The molecule has 24 heavy (non-hydrogen) atoms. The number of ether oxygens (including phenoxy) is 1. The topological polar surface area (TPSA) is 58.5 Å². The van der Waals surface area contributed by atoms with Gasteiger partial charge in [0.05, 0.1) is 12.8 Å². The molecule has 0 saturated heterocycles. The van der Waals surface area contributed by atoms with E-state index in [4.69, 9.17) is 4.74 Å². The van der Waals surface area contributed by atoms with Crippen LogP contribution in [0.4, 0.5) is 13.2 Å². The van der Waals surface area contributed by atoms with E-state index in [1.54, 1.807) is 25.3 Å². The van der Waals surface area contributed by atoms with E-state index >= 15 is 0 Å². The molecule has 0 fully saturated rings. The first-order valence-electron chi connectivity index (χ1n) is 7.37. The van der Waals surface area contributed by atoms with E-state index in [0.717, 1.165) is 0 Å². The first-order valence-corrected chi connectivity index (χ1v) is 7.37. The molecular formula is C16H16F3N3O2. The van der Waals surface area contributed by atoms with Gasteiger partial charge >= 0.3 is 6.18 Å². The molecule has 0 amide bonds. The third-order valence-electron chi connectivity index (χ3n) is 3.95. The van der Waals surface area contributed by atoms with Crippen LogP contribution >= 0.6 is 0 Å². The monoisotopic (exact) mass is 339 g/mol. The summed E-state index contributed by atoms with van der Waals surface area (Å²) < 4.78 is 43.1. The number of phenolic OH excluding ortho intramolecular Hbond substituents is 1. The Morgan fingerprint density at radius 1 is 1.33 bits per heavy atom. The maximum absolute atomic E-state index is 12.7. The van der Waals surface area contributed by atoms with Crippen molar-refractivity contribution < 1.29 is 23.0 Å². The lowest BCUT2D eigenvalue weighted by molar-refractivity contribution is -0.145. The van der Waals surface area contributed by atoms with Gasteiger partial charge in [0.1, 0.15) is 11.5 Å². The van der Waals surface area contributed by atoms with Crippen molar-refractivity contribution in [2.24, 2.45) is 0 Å². The summed E-state index contributed by atoms with van der Waals surface area (Å²) in [5, 5.41) is 9.95. The summed E-state index contributed by atoms with van der Waals surface area (Å²) in [4.78, 5) is 9.08. The number of alkyl halides is 3. The van der Waals surface area contributed by atoms with Gasteiger partial charge in [-0.3, -0.25) is 4.90 Å². The average Bonchev–Trinajstić information content (AvgIpc) is 2.55. The van der Waals surface area contributed by atoms with E-state index in [-0.39, 0.29) is 5.75 Å². The minimum atomic E-state index is -4.53. The normalized spacial score (nSPS) is 15.2. The zero-order valence-corrected chi connectivity index (χ0v) is 13.0. The predicted molar refractivity (Wildman–Crippen MR) is 79.5 cm³/mol. The highest BCUT2D eigenvalue weighted by Crippen LogP contribution is 2.29. The fourth-order valence-corrected chi connectivity index (χ4v) is 2.70. The summed E-state index contributed by atoms with van der Waals surface area (Å²) in [6.07, 6.45) is -2.88. The third-order valence-corrected chi connectivity index (χ3v) is 3.95. The molecule has 5 nitrogen and oxygen atoms in total. The Labute approximate surface area is 136 Å². The van der Waals surface area contributed by atoms with Gasteiger partial charge in [-0.05, 0) is 18.2 Å². The number of aromatic nitrogens is 2. The Balaban J connectivity index is 1.76. The molecule has 2 heterocycles. The predicted octanol–water partition coefficient (Wildman–Crippen LogP) is 2.77. The number of hydrogen-bond acceptors (Lipinski definition) is 5. The van der Waals surface area contributed by atoms with Gasteiger partial charge in [-0.25, -0.2) is 9.97 Å². The van der Waals surface area contributed by atoms with Gasteiger partial charge in [0.25, 0.3) is 0 Å². The van der Waals surface area contributed by atoms with Crippen LogP contribution in [-0.4, -0.2) is 33.6 Å². The van der Waals surface area contributed by atoms with E-state index in [1.165, 1.54) is 6.20 Å². The van der Waals surface area contributed by atoms with Crippen LogP contribution in [0, 0.1) is 0 Å². The molecule has 1 N–H and O–H groups in total. The maximum atomic E-state index is 12.7. The first kappa shape index (κ1) is 16.5. The van der Waals surface area contributed by atoms with E-state index in [9.17, 15) is 18.3 Å². The zero-order valence-electron chi connectivity index (χ0n) is 13.0. The second-order valence-electron chi connectivity index (χ2n) is 5.62. The number of benzene rings is 1. The SMILES string of the molecule is COc1ccc(O)c(CN2CCc3nc(C(F)(F)F)ncc3C2)c1. The van der Waals surface area contributed by atoms with Crippen molar-refractivity contribution in [1.29, 1.82) is 0 Å². The van der Waals surface area contributed by atoms with Crippen molar-refractivity contribution in [3.63, 3.8) is 0 Å². The maximum Gasteiger partial charge on any atom is 0.451 e. The number of phenols is 1. The highest BCUT2D eigenvalue weighted by Gasteiger charge is 2.35. The van der Waals surface area contributed by atoms with Crippen LogP contribution in [-0.2, 0) is 25.7 Å². The van der Waals surface area contributed by atoms with Gasteiger partial charge < -0.3 is 9.84 Å². The summed E-state index contributed by atoms with van der Waals surface area (Å²) in [6.45, 7) is 1.45. The molecule has 0 saturated carbocycles. The molecular weight excluding hydrogens is 323 g/mol. The highest BCUT2D eigenvalue weighted by molar-refractivity contribution is 5.39. The summed E-state index contributed by atoms with van der Waals surface area (Å²) in [5.41, 5.74) is 1.81. The van der Waals surface area contributed by atoms with Crippen LogP contribution < -0.4 is 4.74 Å². The number of rotatable bonds is 3. The Hall–Kier alpha value is -2.35. The molecule has 8 heteroatoms.